The highest BCUT2D eigenvalue weighted by Gasteiger charge is 2.24. The minimum absolute atomic E-state index is 0.0737. The fraction of sp³-hybridized carbons (Fsp3) is 0.217. The first-order chi connectivity index (χ1) is 15.1. The van der Waals surface area contributed by atoms with Gasteiger partial charge in [0.2, 0.25) is 0 Å². The number of carbonyl (C=O) groups is 1. The fourth-order valence-corrected chi connectivity index (χ4v) is 3.28. The number of nitrogens with zero attached hydrogens (tertiary/aromatic N) is 2. The SMILES string of the molecule is O=C(c1cccnc1)N(c1ccccc1)c1ccc(OC(F)F)c(OC2CCCO2)c1. The molecule has 1 fully saturated rings. The maximum Gasteiger partial charge on any atom is 0.387 e. The first kappa shape index (κ1) is 20.7. The molecule has 1 aliphatic heterocycles. The van der Waals surface area contributed by atoms with E-state index in [1.807, 2.05) is 6.07 Å². The molecule has 0 saturated carbocycles. The Morgan fingerprint density at radius 1 is 1.06 bits per heavy atom. The van der Waals surface area contributed by atoms with E-state index in [1.54, 1.807) is 42.6 Å². The van der Waals surface area contributed by atoms with Crippen LogP contribution < -0.4 is 14.4 Å². The highest BCUT2D eigenvalue weighted by Crippen LogP contribution is 2.37. The number of aromatic nitrogens is 1. The quantitative estimate of drug-likeness (QED) is 0.521. The van der Waals surface area contributed by atoms with Crippen molar-refractivity contribution in [3.8, 4) is 11.5 Å². The van der Waals surface area contributed by atoms with Gasteiger partial charge < -0.3 is 14.2 Å². The number of alkyl halides is 2. The first-order valence-corrected chi connectivity index (χ1v) is 9.78. The van der Waals surface area contributed by atoms with E-state index in [4.69, 9.17) is 9.47 Å². The van der Waals surface area contributed by atoms with Crippen molar-refractivity contribution in [2.24, 2.45) is 0 Å². The summed E-state index contributed by atoms with van der Waals surface area (Å²) in [4.78, 5) is 18.8. The third-order valence-electron chi connectivity index (χ3n) is 4.67. The van der Waals surface area contributed by atoms with Gasteiger partial charge in [0.25, 0.3) is 5.91 Å². The van der Waals surface area contributed by atoms with Gasteiger partial charge in [0.1, 0.15) is 0 Å². The normalized spacial score (nSPS) is 15.6. The zero-order chi connectivity index (χ0) is 21.6. The summed E-state index contributed by atoms with van der Waals surface area (Å²) in [5, 5.41) is 0. The second kappa shape index (κ2) is 9.53. The molecule has 4 rings (SSSR count). The number of para-hydroxylation sites is 1. The summed E-state index contributed by atoms with van der Waals surface area (Å²) in [7, 11) is 0. The molecular formula is C23H20F2N2O4. The maximum atomic E-state index is 13.3. The molecule has 31 heavy (non-hydrogen) atoms. The zero-order valence-corrected chi connectivity index (χ0v) is 16.5. The van der Waals surface area contributed by atoms with Crippen molar-refractivity contribution in [3.63, 3.8) is 0 Å². The molecule has 6 nitrogen and oxygen atoms in total. The van der Waals surface area contributed by atoms with Crippen molar-refractivity contribution in [1.82, 2.24) is 4.98 Å². The third kappa shape index (κ3) is 4.97. The molecule has 2 aromatic carbocycles. The van der Waals surface area contributed by atoms with Gasteiger partial charge in [-0.3, -0.25) is 14.7 Å². The average molecular weight is 426 g/mol. The summed E-state index contributed by atoms with van der Waals surface area (Å²) < 4.78 is 41.7. The second-order valence-electron chi connectivity index (χ2n) is 6.79. The van der Waals surface area contributed by atoms with Crippen molar-refractivity contribution in [2.45, 2.75) is 25.7 Å². The van der Waals surface area contributed by atoms with Gasteiger partial charge >= 0.3 is 6.61 Å². The minimum Gasteiger partial charge on any atom is -0.461 e. The number of ether oxygens (including phenoxy) is 3. The van der Waals surface area contributed by atoms with Crippen molar-refractivity contribution in [2.75, 3.05) is 11.5 Å². The lowest BCUT2D eigenvalue weighted by Crippen LogP contribution is -2.26. The third-order valence-corrected chi connectivity index (χ3v) is 4.67. The van der Waals surface area contributed by atoms with Crippen LogP contribution in [0.2, 0.25) is 0 Å². The van der Waals surface area contributed by atoms with Crippen LogP contribution in [0.25, 0.3) is 0 Å². The van der Waals surface area contributed by atoms with E-state index < -0.39 is 12.9 Å². The van der Waals surface area contributed by atoms with Crippen LogP contribution >= 0.6 is 0 Å². The Morgan fingerprint density at radius 3 is 2.58 bits per heavy atom. The van der Waals surface area contributed by atoms with Crippen LogP contribution in [0.15, 0.2) is 73.1 Å². The molecule has 0 radical (unpaired) electrons. The number of carbonyl (C=O) groups excluding carboxylic acids is 1. The van der Waals surface area contributed by atoms with E-state index in [-0.39, 0.29) is 17.4 Å². The molecule has 1 atom stereocenters. The molecular weight excluding hydrogens is 406 g/mol. The lowest BCUT2D eigenvalue weighted by molar-refractivity contribution is -0.0632. The van der Waals surface area contributed by atoms with E-state index in [0.29, 0.717) is 30.0 Å². The molecule has 1 amide bonds. The molecule has 1 unspecified atom stereocenters. The molecule has 8 heteroatoms. The van der Waals surface area contributed by atoms with Gasteiger partial charge in [-0.25, -0.2) is 0 Å². The van der Waals surface area contributed by atoms with Gasteiger partial charge in [-0.1, -0.05) is 18.2 Å². The van der Waals surface area contributed by atoms with E-state index in [0.717, 1.165) is 6.42 Å². The van der Waals surface area contributed by atoms with Gasteiger partial charge in [-0.15, -0.1) is 0 Å². The summed E-state index contributed by atoms with van der Waals surface area (Å²) in [6, 6.07) is 16.7. The average Bonchev–Trinajstić information content (AvgIpc) is 3.30. The Kier molecular flexibility index (Phi) is 6.37. The van der Waals surface area contributed by atoms with Crippen LogP contribution in [0, 0.1) is 0 Å². The molecule has 0 N–H and O–H groups in total. The van der Waals surface area contributed by atoms with E-state index in [1.165, 1.54) is 29.3 Å². The standard InChI is InChI=1S/C23H20F2N2O4/c24-23(25)31-19-11-10-18(14-20(19)30-21-9-5-13-29-21)27(17-7-2-1-3-8-17)22(28)16-6-4-12-26-15-16/h1-4,6-8,10-12,14-15,21,23H,5,9,13H2. The lowest BCUT2D eigenvalue weighted by Gasteiger charge is -2.25. The molecule has 160 valence electrons. The molecule has 0 aliphatic carbocycles. The Bertz CT molecular complexity index is 1010. The summed E-state index contributed by atoms with van der Waals surface area (Å²) >= 11 is 0. The van der Waals surface area contributed by atoms with Crippen LogP contribution in [-0.2, 0) is 4.74 Å². The topological polar surface area (TPSA) is 60.9 Å². The summed E-state index contributed by atoms with van der Waals surface area (Å²) in [6.07, 6.45) is 3.93. The largest absolute Gasteiger partial charge is 0.461 e. The number of hydrogen-bond donors (Lipinski definition) is 0. The second-order valence-corrected chi connectivity index (χ2v) is 6.79. The number of pyridine rings is 1. The highest BCUT2D eigenvalue weighted by atomic mass is 19.3. The molecule has 1 saturated heterocycles. The van der Waals surface area contributed by atoms with Crippen molar-refractivity contribution < 1.29 is 27.8 Å². The summed E-state index contributed by atoms with van der Waals surface area (Å²) in [6.45, 7) is -2.48. The number of benzene rings is 2. The highest BCUT2D eigenvalue weighted by molar-refractivity contribution is 6.10. The Hall–Kier alpha value is -3.52. The van der Waals surface area contributed by atoms with Gasteiger partial charge in [0.05, 0.1) is 17.9 Å². The van der Waals surface area contributed by atoms with E-state index >= 15 is 0 Å². The number of amides is 1. The van der Waals surface area contributed by atoms with E-state index in [9.17, 15) is 13.6 Å². The smallest absolute Gasteiger partial charge is 0.387 e. The van der Waals surface area contributed by atoms with Gasteiger partial charge in [0.15, 0.2) is 17.8 Å². The summed E-state index contributed by atoms with van der Waals surface area (Å²) in [5.41, 5.74) is 1.40. The van der Waals surface area contributed by atoms with E-state index in [2.05, 4.69) is 9.72 Å². The van der Waals surface area contributed by atoms with Gasteiger partial charge in [-0.2, -0.15) is 8.78 Å². The summed E-state index contributed by atoms with van der Waals surface area (Å²) in [5.74, 6) is -0.384. The van der Waals surface area contributed by atoms with Crippen LogP contribution in [0.5, 0.6) is 11.5 Å². The Morgan fingerprint density at radius 2 is 1.90 bits per heavy atom. The number of rotatable bonds is 7. The lowest BCUT2D eigenvalue weighted by atomic mass is 10.1. The predicted octanol–water partition coefficient (Wildman–Crippen LogP) is 5.18. The molecule has 2 heterocycles. The first-order valence-electron chi connectivity index (χ1n) is 9.78. The maximum absolute atomic E-state index is 13.3. The minimum atomic E-state index is -3.01. The van der Waals surface area contributed by atoms with Crippen LogP contribution in [0.3, 0.4) is 0 Å². The number of halogens is 2. The zero-order valence-electron chi connectivity index (χ0n) is 16.5. The van der Waals surface area contributed by atoms with Crippen LogP contribution in [-0.4, -0.2) is 30.4 Å². The number of hydrogen-bond acceptors (Lipinski definition) is 5. The Labute approximate surface area is 178 Å². The molecule has 0 bridgehead atoms. The van der Waals surface area contributed by atoms with Crippen LogP contribution in [0.1, 0.15) is 23.2 Å². The molecule has 1 aliphatic rings. The predicted molar refractivity (Wildman–Crippen MR) is 110 cm³/mol. The molecule has 1 aromatic heterocycles. The van der Waals surface area contributed by atoms with Crippen molar-refractivity contribution in [3.05, 3.63) is 78.6 Å². The van der Waals surface area contributed by atoms with Crippen molar-refractivity contribution >= 4 is 17.3 Å². The van der Waals surface area contributed by atoms with Crippen molar-refractivity contribution in [1.29, 1.82) is 0 Å². The Balaban J connectivity index is 1.75. The van der Waals surface area contributed by atoms with Gasteiger partial charge in [0, 0.05) is 30.6 Å². The molecule has 3 aromatic rings. The molecule has 0 spiro atoms. The van der Waals surface area contributed by atoms with Gasteiger partial charge in [-0.05, 0) is 42.8 Å². The number of anilines is 2. The van der Waals surface area contributed by atoms with Crippen LogP contribution in [0.4, 0.5) is 20.2 Å². The monoisotopic (exact) mass is 426 g/mol. The fourth-order valence-electron chi connectivity index (χ4n) is 3.28.